The van der Waals surface area contributed by atoms with Crippen LogP contribution in [-0.2, 0) is 12.8 Å². The van der Waals surface area contributed by atoms with Crippen LogP contribution in [0.15, 0.2) is 30.3 Å². The predicted molar refractivity (Wildman–Crippen MR) is 102 cm³/mol. The molecule has 5 nitrogen and oxygen atoms in total. The smallest absolute Gasteiger partial charge is 0.259 e. The maximum absolute atomic E-state index is 13.1. The molecule has 5 heteroatoms. The highest BCUT2D eigenvalue weighted by atomic mass is 16.5. The molecular weight excluding hydrogens is 326 g/mol. The summed E-state index contributed by atoms with van der Waals surface area (Å²) in [5, 5.41) is 0. The van der Waals surface area contributed by atoms with Crippen molar-refractivity contribution in [1.29, 1.82) is 0 Å². The number of hydrogen-bond acceptors (Lipinski definition) is 4. The molecule has 0 spiro atoms. The highest BCUT2D eigenvalue weighted by molar-refractivity contribution is 5.97. The topological polar surface area (TPSA) is 45.7 Å². The molecule has 26 heavy (non-hydrogen) atoms. The molecule has 1 saturated heterocycles. The van der Waals surface area contributed by atoms with Crippen molar-refractivity contribution in [3.63, 3.8) is 0 Å². The average Bonchev–Trinajstić information content (AvgIpc) is 3.14. The summed E-state index contributed by atoms with van der Waals surface area (Å²) in [7, 11) is 1.59. The van der Waals surface area contributed by atoms with E-state index in [4.69, 9.17) is 4.74 Å². The fourth-order valence-corrected chi connectivity index (χ4v) is 4.00. The molecule has 1 aliphatic heterocycles. The lowest BCUT2D eigenvalue weighted by molar-refractivity contribution is 0.0742. The number of benzene rings is 1. The Morgan fingerprint density at radius 2 is 1.88 bits per heavy atom. The minimum atomic E-state index is 0.0356. The van der Waals surface area contributed by atoms with Crippen molar-refractivity contribution >= 4 is 11.6 Å². The summed E-state index contributed by atoms with van der Waals surface area (Å²) in [6, 6.07) is 10.4. The van der Waals surface area contributed by atoms with E-state index in [1.807, 2.05) is 11.0 Å². The number of piperazine rings is 1. The number of methoxy groups -OCH3 is 1. The van der Waals surface area contributed by atoms with Crippen LogP contribution >= 0.6 is 0 Å². The summed E-state index contributed by atoms with van der Waals surface area (Å²) in [5.41, 5.74) is 5.43. The zero-order chi connectivity index (χ0) is 18.1. The molecule has 1 aliphatic carbocycles. The lowest BCUT2D eigenvalue weighted by atomic mass is 10.1. The monoisotopic (exact) mass is 351 g/mol. The van der Waals surface area contributed by atoms with E-state index in [2.05, 4.69) is 41.1 Å². The third-order valence-corrected chi connectivity index (χ3v) is 5.46. The van der Waals surface area contributed by atoms with Crippen molar-refractivity contribution in [2.75, 3.05) is 38.2 Å². The molecule has 0 saturated carbocycles. The van der Waals surface area contributed by atoms with Crippen molar-refractivity contribution in [3.05, 3.63) is 52.7 Å². The van der Waals surface area contributed by atoms with E-state index in [1.54, 1.807) is 7.11 Å². The second-order valence-electron chi connectivity index (χ2n) is 7.07. The maximum atomic E-state index is 13.1. The van der Waals surface area contributed by atoms with Gasteiger partial charge in [-0.2, -0.15) is 0 Å². The zero-order valence-corrected chi connectivity index (χ0v) is 15.5. The molecule has 0 N–H and O–H groups in total. The lowest BCUT2D eigenvalue weighted by Gasteiger charge is -2.37. The van der Waals surface area contributed by atoms with Crippen molar-refractivity contribution in [3.8, 4) is 5.88 Å². The highest BCUT2D eigenvalue weighted by Crippen LogP contribution is 2.28. The van der Waals surface area contributed by atoms with Crippen LogP contribution in [0.1, 0.15) is 33.6 Å². The summed E-state index contributed by atoms with van der Waals surface area (Å²) in [6.45, 7) is 5.25. The minimum Gasteiger partial charge on any atom is -0.480 e. The zero-order valence-electron chi connectivity index (χ0n) is 15.5. The van der Waals surface area contributed by atoms with Gasteiger partial charge in [0.1, 0.15) is 5.56 Å². The SMILES string of the molecule is COc1nc2c(cc1C(=O)N1CCN(c3ccccc3C)CC1)CCC2. The molecule has 1 aromatic carbocycles. The van der Waals surface area contributed by atoms with Gasteiger partial charge in [0.25, 0.3) is 5.91 Å². The number of para-hydroxylation sites is 1. The molecule has 4 rings (SSSR count). The third kappa shape index (κ3) is 3.02. The number of amides is 1. The van der Waals surface area contributed by atoms with E-state index < -0.39 is 0 Å². The van der Waals surface area contributed by atoms with Crippen molar-refractivity contribution in [1.82, 2.24) is 9.88 Å². The Balaban J connectivity index is 1.50. The standard InChI is InChI=1S/C21H25N3O2/c1-15-6-3-4-9-19(15)23-10-12-24(13-11-23)21(25)17-14-16-7-5-8-18(16)22-20(17)26-2/h3-4,6,9,14H,5,7-8,10-13H2,1-2H3. The molecule has 1 fully saturated rings. The van der Waals surface area contributed by atoms with Gasteiger partial charge < -0.3 is 14.5 Å². The Morgan fingerprint density at radius 3 is 2.62 bits per heavy atom. The Labute approximate surface area is 154 Å². The summed E-state index contributed by atoms with van der Waals surface area (Å²) < 4.78 is 5.42. The van der Waals surface area contributed by atoms with Crippen molar-refractivity contribution < 1.29 is 9.53 Å². The largest absolute Gasteiger partial charge is 0.480 e. The number of ether oxygens (including phenoxy) is 1. The van der Waals surface area contributed by atoms with E-state index in [0.29, 0.717) is 24.5 Å². The van der Waals surface area contributed by atoms with Crippen LogP contribution in [0.3, 0.4) is 0 Å². The average molecular weight is 351 g/mol. The molecule has 1 amide bonds. The third-order valence-electron chi connectivity index (χ3n) is 5.46. The minimum absolute atomic E-state index is 0.0356. The van der Waals surface area contributed by atoms with Gasteiger partial charge in [0.15, 0.2) is 0 Å². The van der Waals surface area contributed by atoms with Crippen molar-refractivity contribution in [2.24, 2.45) is 0 Å². The number of pyridine rings is 1. The van der Waals surface area contributed by atoms with Crippen LogP contribution in [0.4, 0.5) is 5.69 Å². The molecule has 136 valence electrons. The molecule has 0 bridgehead atoms. The van der Waals surface area contributed by atoms with Gasteiger partial charge in [-0.15, -0.1) is 0 Å². The first kappa shape index (κ1) is 16.9. The summed E-state index contributed by atoms with van der Waals surface area (Å²) in [6.07, 6.45) is 3.10. The number of hydrogen-bond donors (Lipinski definition) is 0. The Kier molecular flexibility index (Phi) is 4.53. The van der Waals surface area contributed by atoms with Gasteiger partial charge in [-0.1, -0.05) is 18.2 Å². The summed E-state index contributed by atoms with van der Waals surface area (Å²) in [4.78, 5) is 21.9. The highest BCUT2D eigenvalue weighted by Gasteiger charge is 2.27. The molecule has 0 atom stereocenters. The fraction of sp³-hybridized carbons (Fsp3) is 0.429. The quantitative estimate of drug-likeness (QED) is 0.853. The maximum Gasteiger partial charge on any atom is 0.259 e. The predicted octanol–water partition coefficient (Wildman–Crippen LogP) is 2.85. The van der Waals surface area contributed by atoms with E-state index in [9.17, 15) is 4.79 Å². The van der Waals surface area contributed by atoms with Crippen LogP contribution < -0.4 is 9.64 Å². The molecule has 0 unspecified atom stereocenters. The number of aryl methyl sites for hydroxylation is 3. The number of carbonyl (C=O) groups is 1. The first-order chi connectivity index (χ1) is 12.7. The van der Waals surface area contributed by atoms with Crippen LogP contribution in [0.5, 0.6) is 5.88 Å². The fourth-order valence-electron chi connectivity index (χ4n) is 4.00. The van der Waals surface area contributed by atoms with E-state index in [0.717, 1.165) is 38.0 Å². The Morgan fingerprint density at radius 1 is 1.12 bits per heavy atom. The number of nitrogens with zero attached hydrogens (tertiary/aromatic N) is 3. The van der Waals surface area contributed by atoms with Crippen LogP contribution in [0.2, 0.25) is 0 Å². The molecule has 2 aliphatic rings. The van der Waals surface area contributed by atoms with Crippen molar-refractivity contribution in [2.45, 2.75) is 26.2 Å². The van der Waals surface area contributed by atoms with Gasteiger partial charge in [-0.25, -0.2) is 4.98 Å². The van der Waals surface area contributed by atoms with E-state index in [-0.39, 0.29) is 5.91 Å². The first-order valence-corrected chi connectivity index (χ1v) is 9.34. The number of anilines is 1. The van der Waals surface area contributed by atoms with E-state index >= 15 is 0 Å². The summed E-state index contributed by atoms with van der Waals surface area (Å²) in [5.74, 6) is 0.505. The van der Waals surface area contributed by atoms with Gasteiger partial charge >= 0.3 is 0 Å². The lowest BCUT2D eigenvalue weighted by Crippen LogP contribution is -2.49. The molecule has 2 heterocycles. The van der Waals surface area contributed by atoms with Crippen LogP contribution in [0.25, 0.3) is 0 Å². The second kappa shape index (κ2) is 6.98. The summed E-state index contributed by atoms with van der Waals surface area (Å²) >= 11 is 0. The molecular formula is C21H25N3O2. The van der Waals surface area contributed by atoms with Crippen LogP contribution in [0, 0.1) is 6.92 Å². The van der Waals surface area contributed by atoms with Gasteiger partial charge in [-0.05, 0) is 49.4 Å². The van der Waals surface area contributed by atoms with Gasteiger partial charge in [-0.3, -0.25) is 4.79 Å². The van der Waals surface area contributed by atoms with Gasteiger partial charge in [0.2, 0.25) is 5.88 Å². The Bertz CT molecular complexity index is 826. The molecule has 1 aromatic heterocycles. The van der Waals surface area contributed by atoms with Gasteiger partial charge in [0.05, 0.1) is 7.11 Å². The normalized spacial score (nSPS) is 16.5. The van der Waals surface area contributed by atoms with Gasteiger partial charge in [0, 0.05) is 37.6 Å². The van der Waals surface area contributed by atoms with E-state index in [1.165, 1.54) is 16.8 Å². The Hall–Kier alpha value is -2.56. The first-order valence-electron chi connectivity index (χ1n) is 9.34. The number of rotatable bonds is 3. The number of carbonyl (C=O) groups excluding carboxylic acids is 1. The molecule has 0 radical (unpaired) electrons. The molecule has 2 aromatic rings. The number of fused-ring (bicyclic) bond motifs is 1. The van der Waals surface area contributed by atoms with Crippen LogP contribution in [-0.4, -0.2) is 49.1 Å². The second-order valence-corrected chi connectivity index (χ2v) is 7.07. The number of aromatic nitrogens is 1.